The highest BCUT2D eigenvalue weighted by molar-refractivity contribution is 7.89. The third-order valence-corrected chi connectivity index (χ3v) is 2.28. The molecule has 0 atom stereocenters. The lowest BCUT2D eigenvalue weighted by Gasteiger charge is -2.00. The largest absolute Gasteiger partial charge is 0.369 e. The molecular formula is C7H9N3O3S. The van der Waals surface area contributed by atoms with Gasteiger partial charge >= 0.3 is 0 Å². The maximum atomic E-state index is 10.9. The predicted octanol–water partition coefficient (Wildman–Crippen LogP) is -1.24. The number of carbonyl (C=O) groups is 1. The SMILES string of the molecule is NC(=O)Cc1ccnc(S(N)(=O)=O)c1. The van der Waals surface area contributed by atoms with E-state index >= 15 is 0 Å². The van der Waals surface area contributed by atoms with Crippen molar-refractivity contribution in [3.63, 3.8) is 0 Å². The Kier molecular flexibility index (Phi) is 2.82. The molecule has 1 aromatic heterocycles. The first-order valence-corrected chi connectivity index (χ1v) is 5.20. The van der Waals surface area contributed by atoms with Gasteiger partial charge in [-0.25, -0.2) is 18.5 Å². The van der Waals surface area contributed by atoms with Crippen LogP contribution in [0.1, 0.15) is 5.56 Å². The molecule has 0 bridgehead atoms. The molecule has 76 valence electrons. The number of hydrogen-bond donors (Lipinski definition) is 2. The third kappa shape index (κ3) is 2.79. The van der Waals surface area contributed by atoms with Crippen molar-refractivity contribution in [1.29, 1.82) is 0 Å². The van der Waals surface area contributed by atoms with E-state index in [2.05, 4.69) is 4.98 Å². The van der Waals surface area contributed by atoms with Crippen LogP contribution in [-0.2, 0) is 21.2 Å². The molecule has 4 N–H and O–H groups in total. The van der Waals surface area contributed by atoms with Crippen molar-refractivity contribution < 1.29 is 13.2 Å². The zero-order valence-electron chi connectivity index (χ0n) is 7.17. The second kappa shape index (κ2) is 3.72. The van der Waals surface area contributed by atoms with Crippen molar-refractivity contribution in [2.24, 2.45) is 10.9 Å². The summed E-state index contributed by atoms with van der Waals surface area (Å²) in [5.74, 6) is -0.545. The fourth-order valence-corrected chi connectivity index (χ4v) is 1.44. The van der Waals surface area contributed by atoms with Gasteiger partial charge in [0.05, 0.1) is 6.42 Å². The molecule has 0 aliphatic carbocycles. The number of aromatic nitrogens is 1. The Labute approximate surface area is 81.0 Å². The Hall–Kier alpha value is -1.47. The highest BCUT2D eigenvalue weighted by atomic mass is 32.2. The zero-order chi connectivity index (χ0) is 10.8. The molecule has 0 aliphatic heterocycles. The number of rotatable bonds is 3. The molecule has 0 fully saturated rings. The lowest BCUT2D eigenvalue weighted by molar-refractivity contribution is -0.117. The maximum absolute atomic E-state index is 10.9. The molecule has 1 heterocycles. The van der Waals surface area contributed by atoms with Gasteiger partial charge in [0.15, 0.2) is 5.03 Å². The first-order valence-electron chi connectivity index (χ1n) is 3.65. The number of nitrogens with zero attached hydrogens (tertiary/aromatic N) is 1. The molecule has 0 aromatic carbocycles. The van der Waals surface area contributed by atoms with Gasteiger partial charge in [-0.05, 0) is 17.7 Å². The van der Waals surface area contributed by atoms with Crippen LogP contribution in [0.25, 0.3) is 0 Å². The fourth-order valence-electron chi connectivity index (χ4n) is 0.917. The molecule has 0 unspecified atom stereocenters. The van der Waals surface area contributed by atoms with Crippen LogP contribution in [0.5, 0.6) is 0 Å². The van der Waals surface area contributed by atoms with Crippen LogP contribution in [0.15, 0.2) is 23.4 Å². The van der Waals surface area contributed by atoms with E-state index < -0.39 is 15.9 Å². The van der Waals surface area contributed by atoms with E-state index in [9.17, 15) is 13.2 Å². The van der Waals surface area contributed by atoms with E-state index in [1.807, 2.05) is 0 Å². The average molecular weight is 215 g/mol. The summed E-state index contributed by atoms with van der Waals surface area (Å²) in [5, 5.41) is 4.58. The first kappa shape index (κ1) is 10.6. The van der Waals surface area contributed by atoms with Gasteiger partial charge in [-0.1, -0.05) is 0 Å². The van der Waals surface area contributed by atoms with Gasteiger partial charge in [-0.2, -0.15) is 0 Å². The van der Waals surface area contributed by atoms with Gasteiger partial charge in [0.25, 0.3) is 10.0 Å². The van der Waals surface area contributed by atoms with E-state index in [1.54, 1.807) is 0 Å². The van der Waals surface area contributed by atoms with E-state index in [0.717, 1.165) is 0 Å². The first-order chi connectivity index (χ1) is 6.39. The summed E-state index contributed by atoms with van der Waals surface area (Å²) in [4.78, 5) is 14.1. The van der Waals surface area contributed by atoms with Crippen molar-refractivity contribution in [2.75, 3.05) is 0 Å². The highest BCUT2D eigenvalue weighted by Crippen LogP contribution is 2.06. The molecule has 0 radical (unpaired) electrons. The number of carbonyl (C=O) groups excluding carboxylic acids is 1. The highest BCUT2D eigenvalue weighted by Gasteiger charge is 2.10. The number of hydrogen-bond acceptors (Lipinski definition) is 4. The molecule has 1 aromatic rings. The van der Waals surface area contributed by atoms with Gasteiger partial charge in [-0.15, -0.1) is 0 Å². The van der Waals surface area contributed by atoms with Crippen molar-refractivity contribution in [3.05, 3.63) is 23.9 Å². The number of sulfonamides is 1. The van der Waals surface area contributed by atoms with Crippen LogP contribution in [0, 0.1) is 0 Å². The fraction of sp³-hybridized carbons (Fsp3) is 0.143. The summed E-state index contributed by atoms with van der Waals surface area (Å²) in [6.45, 7) is 0. The smallest absolute Gasteiger partial charge is 0.255 e. The molecule has 0 aliphatic rings. The Morgan fingerprint density at radius 3 is 2.64 bits per heavy atom. The molecular weight excluding hydrogens is 206 g/mol. The van der Waals surface area contributed by atoms with E-state index in [1.165, 1.54) is 18.3 Å². The molecule has 6 nitrogen and oxygen atoms in total. The van der Waals surface area contributed by atoms with Gasteiger partial charge < -0.3 is 5.73 Å². The van der Waals surface area contributed by atoms with Crippen LogP contribution < -0.4 is 10.9 Å². The molecule has 1 rings (SSSR count). The topological polar surface area (TPSA) is 116 Å². The Bertz CT molecular complexity index is 455. The van der Waals surface area contributed by atoms with Gasteiger partial charge in [0.1, 0.15) is 0 Å². The van der Waals surface area contributed by atoms with Crippen molar-refractivity contribution in [2.45, 2.75) is 11.4 Å². The van der Waals surface area contributed by atoms with E-state index in [-0.39, 0.29) is 11.4 Å². The van der Waals surface area contributed by atoms with Crippen LogP contribution in [0.4, 0.5) is 0 Å². The predicted molar refractivity (Wildman–Crippen MR) is 48.5 cm³/mol. The van der Waals surface area contributed by atoms with Crippen LogP contribution in [0.3, 0.4) is 0 Å². The molecule has 1 amide bonds. The van der Waals surface area contributed by atoms with Gasteiger partial charge in [0.2, 0.25) is 5.91 Å². The summed E-state index contributed by atoms with van der Waals surface area (Å²) in [6.07, 6.45) is 1.23. The molecule has 0 spiro atoms. The Morgan fingerprint density at radius 2 is 2.14 bits per heavy atom. The minimum Gasteiger partial charge on any atom is -0.369 e. The normalized spacial score (nSPS) is 11.2. The van der Waals surface area contributed by atoms with Crippen LogP contribution in [-0.4, -0.2) is 19.3 Å². The lowest BCUT2D eigenvalue weighted by Crippen LogP contribution is -2.16. The average Bonchev–Trinajstić information content (AvgIpc) is 2.01. The molecule has 14 heavy (non-hydrogen) atoms. The standard InChI is InChI=1S/C7H9N3O3S/c8-6(11)3-5-1-2-10-7(4-5)14(9,12)13/h1-2,4H,3H2,(H2,8,11)(H2,9,12,13). The second-order valence-corrected chi connectivity index (χ2v) is 4.20. The Balaban J connectivity index is 3.08. The van der Waals surface area contributed by atoms with E-state index in [0.29, 0.717) is 5.56 Å². The summed E-state index contributed by atoms with van der Waals surface area (Å²) < 4.78 is 21.7. The molecule has 0 saturated carbocycles. The summed E-state index contributed by atoms with van der Waals surface area (Å²) in [7, 11) is -3.82. The zero-order valence-corrected chi connectivity index (χ0v) is 7.99. The van der Waals surface area contributed by atoms with Crippen LogP contribution in [0.2, 0.25) is 0 Å². The maximum Gasteiger partial charge on any atom is 0.255 e. The molecule has 0 saturated heterocycles. The second-order valence-electron chi connectivity index (χ2n) is 2.69. The van der Waals surface area contributed by atoms with Crippen molar-refractivity contribution in [1.82, 2.24) is 4.98 Å². The number of primary sulfonamides is 1. The Morgan fingerprint density at radius 1 is 1.50 bits per heavy atom. The quantitative estimate of drug-likeness (QED) is 0.655. The molecule has 7 heteroatoms. The number of primary amides is 1. The minimum absolute atomic E-state index is 0.0367. The monoisotopic (exact) mass is 215 g/mol. The van der Waals surface area contributed by atoms with Crippen LogP contribution >= 0.6 is 0 Å². The van der Waals surface area contributed by atoms with Gasteiger partial charge in [0, 0.05) is 6.20 Å². The third-order valence-electron chi connectivity index (χ3n) is 1.47. The summed E-state index contributed by atoms with van der Waals surface area (Å²) >= 11 is 0. The number of pyridine rings is 1. The van der Waals surface area contributed by atoms with Gasteiger partial charge in [-0.3, -0.25) is 4.79 Å². The number of nitrogens with two attached hydrogens (primary N) is 2. The summed E-state index contributed by atoms with van der Waals surface area (Å²) in [6, 6.07) is 2.72. The van der Waals surface area contributed by atoms with Crippen molar-refractivity contribution in [3.8, 4) is 0 Å². The lowest BCUT2D eigenvalue weighted by atomic mass is 10.2. The minimum atomic E-state index is -3.82. The number of amides is 1. The van der Waals surface area contributed by atoms with Crippen molar-refractivity contribution >= 4 is 15.9 Å². The summed E-state index contributed by atoms with van der Waals surface area (Å²) in [5.41, 5.74) is 5.41. The van der Waals surface area contributed by atoms with E-state index in [4.69, 9.17) is 10.9 Å².